The number of aliphatic hydroxyl groups excluding tert-OH is 1. The molecule has 152 valence electrons. The minimum Gasteiger partial charge on any atom is -0.477 e. The number of hydrogen-bond acceptors (Lipinski definition) is 8. The van der Waals surface area contributed by atoms with Crippen LogP contribution in [0.3, 0.4) is 0 Å². The first-order valence-electron chi connectivity index (χ1n) is 8.81. The molecule has 27 heavy (non-hydrogen) atoms. The van der Waals surface area contributed by atoms with E-state index in [9.17, 15) is 28.2 Å². The third kappa shape index (κ3) is 3.88. The molecule has 2 fully saturated rings. The Bertz CT molecular complexity index is 781. The van der Waals surface area contributed by atoms with E-state index in [4.69, 9.17) is 0 Å². The van der Waals surface area contributed by atoms with Crippen LogP contribution in [0.2, 0.25) is 0 Å². The highest BCUT2D eigenvalue weighted by Crippen LogP contribution is 2.51. The van der Waals surface area contributed by atoms with Gasteiger partial charge in [-0.25, -0.2) is 13.2 Å². The highest BCUT2D eigenvalue weighted by molar-refractivity contribution is 8.03. The van der Waals surface area contributed by atoms with Gasteiger partial charge in [0.2, 0.25) is 5.91 Å². The Morgan fingerprint density at radius 3 is 2.70 bits per heavy atom. The summed E-state index contributed by atoms with van der Waals surface area (Å²) in [6.07, 6.45) is 0.817. The number of amides is 1. The molecule has 11 heteroatoms. The number of thioether (sulfide) groups is 1. The van der Waals surface area contributed by atoms with E-state index in [1.807, 2.05) is 6.92 Å². The molecule has 0 unspecified atom stereocenters. The minimum absolute atomic E-state index is 0.0203. The van der Waals surface area contributed by atoms with E-state index in [-0.39, 0.29) is 40.9 Å². The van der Waals surface area contributed by atoms with Crippen LogP contribution in [0, 0.1) is 11.8 Å². The average Bonchev–Trinajstić information content (AvgIpc) is 3.07. The molecule has 3 aliphatic rings. The van der Waals surface area contributed by atoms with Gasteiger partial charge < -0.3 is 20.4 Å². The second-order valence-electron chi connectivity index (χ2n) is 7.48. The summed E-state index contributed by atoms with van der Waals surface area (Å²) < 4.78 is 22.6. The fourth-order valence-electron chi connectivity index (χ4n) is 4.06. The predicted molar refractivity (Wildman–Crippen MR) is 100 cm³/mol. The normalized spacial score (nSPS) is 34.6. The summed E-state index contributed by atoms with van der Waals surface area (Å²) in [5.41, 5.74) is 0.0203. The number of aliphatic hydroxyl groups is 1. The van der Waals surface area contributed by atoms with Crippen molar-refractivity contribution in [3.63, 3.8) is 0 Å². The number of β-lactam (4-membered cyclic amide) rings is 1. The number of carboxylic acid groups (broad SMARTS) is 1. The third-order valence-electron chi connectivity index (χ3n) is 5.29. The average molecular weight is 420 g/mol. The van der Waals surface area contributed by atoms with Crippen molar-refractivity contribution in [3.05, 3.63) is 10.6 Å². The van der Waals surface area contributed by atoms with Crippen LogP contribution >= 0.6 is 11.8 Å². The quantitative estimate of drug-likeness (QED) is 0.389. The SMILES string of the molecule is C[C@@H](O)[C@H]1C(=O)N2C(C(=O)O)=C(S[C@@H]3CN[C@H](NCS(C)(=O)=O)C3)[C@H](C)[C@H]12. The second kappa shape index (κ2) is 7.36. The zero-order valence-corrected chi connectivity index (χ0v) is 17.0. The Hall–Kier alpha value is -1.14. The maximum atomic E-state index is 12.3. The van der Waals surface area contributed by atoms with Gasteiger partial charge in [0.15, 0.2) is 9.84 Å². The van der Waals surface area contributed by atoms with Gasteiger partial charge in [-0.2, -0.15) is 0 Å². The lowest BCUT2D eigenvalue weighted by molar-refractivity contribution is -0.163. The molecule has 3 rings (SSSR count). The van der Waals surface area contributed by atoms with Crippen LogP contribution in [0.25, 0.3) is 0 Å². The summed E-state index contributed by atoms with van der Waals surface area (Å²) in [5, 5.41) is 25.7. The number of carbonyl (C=O) groups is 2. The van der Waals surface area contributed by atoms with E-state index in [0.29, 0.717) is 17.9 Å². The highest BCUT2D eigenvalue weighted by atomic mass is 32.2. The van der Waals surface area contributed by atoms with E-state index in [1.165, 1.54) is 16.7 Å². The van der Waals surface area contributed by atoms with Gasteiger partial charge >= 0.3 is 5.97 Å². The van der Waals surface area contributed by atoms with E-state index in [1.54, 1.807) is 6.92 Å². The Balaban J connectivity index is 1.71. The Kier molecular flexibility index (Phi) is 5.61. The molecule has 0 aliphatic carbocycles. The van der Waals surface area contributed by atoms with Crippen molar-refractivity contribution in [2.45, 2.75) is 43.8 Å². The first-order valence-corrected chi connectivity index (χ1v) is 11.7. The third-order valence-corrected chi connectivity index (χ3v) is 7.49. The summed E-state index contributed by atoms with van der Waals surface area (Å²) in [4.78, 5) is 26.1. The van der Waals surface area contributed by atoms with Crippen molar-refractivity contribution >= 4 is 33.5 Å². The lowest BCUT2D eigenvalue weighted by Gasteiger charge is -2.46. The van der Waals surface area contributed by atoms with Crippen molar-refractivity contribution in [1.29, 1.82) is 0 Å². The molecule has 3 heterocycles. The molecular formula is C16H25N3O6S2. The number of carboxylic acids is 1. The molecule has 1 amide bonds. The van der Waals surface area contributed by atoms with Crippen LogP contribution in [0.5, 0.6) is 0 Å². The zero-order chi connectivity index (χ0) is 20.1. The van der Waals surface area contributed by atoms with Crippen LogP contribution < -0.4 is 10.6 Å². The molecule has 4 N–H and O–H groups in total. The number of nitrogens with one attached hydrogen (secondary N) is 2. The number of fused-ring (bicyclic) bond motifs is 1. The van der Waals surface area contributed by atoms with Gasteiger partial charge in [-0.05, 0) is 13.3 Å². The second-order valence-corrected chi connectivity index (χ2v) is 11.0. The van der Waals surface area contributed by atoms with E-state index in [2.05, 4.69) is 10.6 Å². The fraction of sp³-hybridized carbons (Fsp3) is 0.750. The molecular weight excluding hydrogens is 394 g/mol. The van der Waals surface area contributed by atoms with Gasteiger partial charge in [-0.15, -0.1) is 11.8 Å². The van der Waals surface area contributed by atoms with Crippen LogP contribution in [-0.2, 0) is 19.4 Å². The lowest BCUT2D eigenvalue weighted by atomic mass is 9.79. The van der Waals surface area contributed by atoms with Gasteiger partial charge in [-0.3, -0.25) is 10.1 Å². The van der Waals surface area contributed by atoms with E-state index < -0.39 is 27.8 Å². The number of hydrogen-bond donors (Lipinski definition) is 4. The predicted octanol–water partition coefficient (Wildman–Crippen LogP) is -0.847. The van der Waals surface area contributed by atoms with Crippen LogP contribution in [0.15, 0.2) is 10.6 Å². The van der Waals surface area contributed by atoms with E-state index in [0.717, 1.165) is 6.26 Å². The smallest absolute Gasteiger partial charge is 0.353 e. The van der Waals surface area contributed by atoms with Gasteiger partial charge in [0.1, 0.15) is 11.6 Å². The molecule has 3 aliphatic heterocycles. The lowest BCUT2D eigenvalue weighted by Crippen LogP contribution is -2.63. The Morgan fingerprint density at radius 2 is 2.15 bits per heavy atom. The minimum atomic E-state index is -3.12. The first kappa shape index (κ1) is 20.6. The summed E-state index contributed by atoms with van der Waals surface area (Å²) in [7, 11) is -3.12. The standard InChI is InChI=1S/C16H25N3O6S2/c1-7-12-11(8(2)20)15(21)19(12)13(16(22)23)14(7)26-9-4-10(17-5-9)18-6-27(3,24)25/h7-12,17-18,20H,4-6H2,1-3H3,(H,22,23)/t7-,8-,9+,10-,11-,12-/m1/s1. The fourth-order valence-corrected chi connectivity index (χ4v) is 6.04. The Labute approximate surface area is 162 Å². The molecule has 0 saturated carbocycles. The monoisotopic (exact) mass is 419 g/mol. The van der Waals surface area contributed by atoms with Crippen molar-refractivity contribution in [2.75, 3.05) is 18.7 Å². The van der Waals surface area contributed by atoms with Crippen LogP contribution in [0.4, 0.5) is 0 Å². The van der Waals surface area contributed by atoms with Gasteiger partial charge in [-0.1, -0.05) is 6.92 Å². The molecule has 0 aromatic rings. The zero-order valence-electron chi connectivity index (χ0n) is 15.4. The molecule has 0 radical (unpaired) electrons. The molecule has 0 spiro atoms. The maximum absolute atomic E-state index is 12.3. The molecule has 0 aromatic heterocycles. The topological polar surface area (TPSA) is 136 Å². The first-order chi connectivity index (χ1) is 12.5. The summed E-state index contributed by atoms with van der Waals surface area (Å²) in [5.74, 6) is -2.34. The van der Waals surface area contributed by atoms with Gasteiger partial charge in [0.05, 0.1) is 24.2 Å². The van der Waals surface area contributed by atoms with Gasteiger partial charge in [0, 0.05) is 28.9 Å². The maximum Gasteiger partial charge on any atom is 0.353 e. The molecule has 0 aromatic carbocycles. The number of sulfone groups is 1. The largest absolute Gasteiger partial charge is 0.477 e. The van der Waals surface area contributed by atoms with Crippen molar-refractivity contribution < 1.29 is 28.2 Å². The molecule has 9 nitrogen and oxygen atoms in total. The number of nitrogens with zero attached hydrogens (tertiary/aromatic N) is 1. The van der Waals surface area contributed by atoms with Crippen molar-refractivity contribution in [3.8, 4) is 0 Å². The van der Waals surface area contributed by atoms with Crippen LogP contribution in [0.1, 0.15) is 20.3 Å². The summed E-state index contributed by atoms with van der Waals surface area (Å²) in [6.45, 7) is 4.05. The number of aliphatic carboxylic acids is 1. The van der Waals surface area contributed by atoms with Crippen LogP contribution in [-0.4, -0.2) is 77.6 Å². The van der Waals surface area contributed by atoms with Crippen molar-refractivity contribution in [2.24, 2.45) is 11.8 Å². The van der Waals surface area contributed by atoms with E-state index >= 15 is 0 Å². The molecule has 6 atom stereocenters. The van der Waals surface area contributed by atoms with Gasteiger partial charge in [0.25, 0.3) is 0 Å². The van der Waals surface area contributed by atoms with Crippen molar-refractivity contribution in [1.82, 2.24) is 15.5 Å². The summed E-state index contributed by atoms with van der Waals surface area (Å²) in [6, 6.07) is -0.320. The summed E-state index contributed by atoms with van der Waals surface area (Å²) >= 11 is 1.43. The Morgan fingerprint density at radius 1 is 1.48 bits per heavy atom. The highest BCUT2D eigenvalue weighted by Gasteiger charge is 2.60. The molecule has 2 saturated heterocycles. The number of rotatable bonds is 7. The number of carbonyl (C=O) groups excluding carboxylic acids is 1. The molecule has 0 bridgehead atoms.